The third-order valence-corrected chi connectivity index (χ3v) is 8.25. The van der Waals surface area contributed by atoms with Crippen molar-refractivity contribution < 1.29 is 17.6 Å². The molecule has 2 aliphatic rings. The Morgan fingerprint density at radius 3 is 2.31 bits per heavy atom. The fraction of sp³-hybridized carbons (Fsp3) is 0.600. The van der Waals surface area contributed by atoms with Crippen molar-refractivity contribution in [2.75, 3.05) is 47.2 Å². The molecule has 2 N–H and O–H groups in total. The molecule has 198 valence electrons. The molecule has 1 aromatic carbocycles. The van der Waals surface area contributed by atoms with E-state index in [9.17, 15) is 17.6 Å². The van der Waals surface area contributed by atoms with Crippen LogP contribution in [0.4, 0.5) is 40.7 Å². The quantitative estimate of drug-likeness (QED) is 0.464. The average Bonchev–Trinajstić information content (AvgIpc) is 2.79. The number of aromatic nitrogens is 2. The smallest absolute Gasteiger partial charge is 0.369 e. The van der Waals surface area contributed by atoms with Crippen LogP contribution < -0.4 is 15.5 Å². The van der Waals surface area contributed by atoms with E-state index >= 15 is 0 Å². The van der Waals surface area contributed by atoms with Crippen LogP contribution in [0.25, 0.3) is 0 Å². The molecule has 2 saturated heterocycles. The van der Waals surface area contributed by atoms with Crippen molar-refractivity contribution in [3.8, 4) is 0 Å². The summed E-state index contributed by atoms with van der Waals surface area (Å²) in [6.45, 7) is 9.74. The lowest BCUT2D eigenvalue weighted by molar-refractivity contribution is -0.137. The SMILES string of the molecule is CN1C(C)(C)CC(Nc2nc(Nc3ccc(N4CCSCC4)c(C(F)(F)F)c3)ncc2F)CC1(C)C. The predicted octanol–water partition coefficient (Wildman–Crippen LogP) is 5.99. The zero-order valence-electron chi connectivity index (χ0n) is 21.3. The number of nitrogens with one attached hydrogen (secondary N) is 2. The van der Waals surface area contributed by atoms with Crippen LogP contribution in [-0.4, -0.2) is 63.6 Å². The van der Waals surface area contributed by atoms with Crippen LogP contribution in [0.5, 0.6) is 0 Å². The van der Waals surface area contributed by atoms with E-state index < -0.39 is 17.6 Å². The van der Waals surface area contributed by atoms with Gasteiger partial charge in [-0.25, -0.2) is 9.37 Å². The van der Waals surface area contributed by atoms with Crippen LogP contribution >= 0.6 is 11.8 Å². The first-order chi connectivity index (χ1) is 16.8. The van der Waals surface area contributed by atoms with Gasteiger partial charge in [0, 0.05) is 53.1 Å². The Morgan fingerprint density at radius 1 is 1.06 bits per heavy atom. The van der Waals surface area contributed by atoms with Crippen molar-refractivity contribution in [3.63, 3.8) is 0 Å². The number of anilines is 4. The number of likely N-dealkylation sites (tertiary alicyclic amines) is 1. The molecule has 2 fully saturated rings. The van der Waals surface area contributed by atoms with Crippen molar-refractivity contribution >= 4 is 34.9 Å². The number of hydrogen-bond acceptors (Lipinski definition) is 7. The van der Waals surface area contributed by atoms with E-state index in [1.165, 1.54) is 6.07 Å². The van der Waals surface area contributed by atoms with Gasteiger partial charge in [-0.05, 0) is 65.8 Å². The Balaban J connectivity index is 1.55. The standard InChI is InChI=1S/C25H34F4N6S/c1-23(2)13-17(14-24(3,4)34(23)5)31-21-19(26)15-30-22(33-21)32-16-6-7-20(18(12-16)25(27,28)29)35-8-10-36-11-9-35/h6-7,12,15,17H,8-11,13-14H2,1-5H3,(H2,30,31,32,33). The molecule has 3 heterocycles. The Morgan fingerprint density at radius 2 is 1.69 bits per heavy atom. The van der Waals surface area contributed by atoms with Gasteiger partial charge in [0.2, 0.25) is 5.95 Å². The number of alkyl halides is 3. The fourth-order valence-electron chi connectivity index (χ4n) is 5.25. The summed E-state index contributed by atoms with van der Waals surface area (Å²) in [6, 6.07) is 4.10. The highest BCUT2D eigenvalue weighted by molar-refractivity contribution is 7.99. The van der Waals surface area contributed by atoms with E-state index in [-0.39, 0.29) is 40.3 Å². The molecule has 1 aromatic heterocycles. The molecule has 0 atom stereocenters. The minimum Gasteiger partial charge on any atom is -0.369 e. The minimum absolute atomic E-state index is 0.0257. The van der Waals surface area contributed by atoms with Gasteiger partial charge in [-0.1, -0.05) is 0 Å². The Kier molecular flexibility index (Phi) is 7.36. The first-order valence-electron chi connectivity index (χ1n) is 12.1. The lowest BCUT2D eigenvalue weighted by atomic mass is 9.77. The molecule has 0 radical (unpaired) electrons. The molecule has 2 aromatic rings. The van der Waals surface area contributed by atoms with Crippen LogP contribution in [0.1, 0.15) is 46.1 Å². The van der Waals surface area contributed by atoms with Gasteiger partial charge in [0.1, 0.15) is 0 Å². The van der Waals surface area contributed by atoms with Crippen molar-refractivity contribution in [3.05, 3.63) is 35.8 Å². The van der Waals surface area contributed by atoms with Crippen LogP contribution in [0, 0.1) is 5.82 Å². The van der Waals surface area contributed by atoms with Crippen molar-refractivity contribution in [1.29, 1.82) is 0 Å². The van der Waals surface area contributed by atoms with E-state index in [4.69, 9.17) is 0 Å². The summed E-state index contributed by atoms with van der Waals surface area (Å²) >= 11 is 1.74. The number of halogens is 4. The largest absolute Gasteiger partial charge is 0.418 e. The Labute approximate surface area is 214 Å². The first-order valence-corrected chi connectivity index (χ1v) is 13.3. The number of piperidine rings is 1. The highest BCUT2D eigenvalue weighted by Crippen LogP contribution is 2.40. The summed E-state index contributed by atoms with van der Waals surface area (Å²) in [5.41, 5.74) is -0.560. The molecular formula is C25H34F4N6S. The van der Waals surface area contributed by atoms with Crippen molar-refractivity contribution in [2.45, 2.75) is 63.8 Å². The molecule has 0 aliphatic carbocycles. The van der Waals surface area contributed by atoms with Gasteiger partial charge < -0.3 is 15.5 Å². The normalized spacial score (nSPS) is 20.9. The van der Waals surface area contributed by atoms with Gasteiger partial charge in [0.25, 0.3) is 0 Å². The van der Waals surface area contributed by atoms with Gasteiger partial charge in [0.15, 0.2) is 11.6 Å². The van der Waals surface area contributed by atoms with Gasteiger partial charge in [-0.15, -0.1) is 0 Å². The third-order valence-electron chi connectivity index (χ3n) is 7.30. The maximum Gasteiger partial charge on any atom is 0.418 e. The summed E-state index contributed by atoms with van der Waals surface area (Å²) in [6.07, 6.45) is -1.91. The molecule has 0 spiro atoms. The summed E-state index contributed by atoms with van der Waals surface area (Å²) < 4.78 is 56.3. The molecule has 0 amide bonds. The Hall–Kier alpha value is -2.27. The fourth-order valence-corrected chi connectivity index (χ4v) is 6.15. The topological polar surface area (TPSA) is 56.3 Å². The van der Waals surface area contributed by atoms with E-state index in [1.807, 2.05) is 0 Å². The molecule has 36 heavy (non-hydrogen) atoms. The molecular weight excluding hydrogens is 492 g/mol. The predicted molar refractivity (Wildman–Crippen MR) is 139 cm³/mol. The van der Waals surface area contributed by atoms with Gasteiger partial charge in [0.05, 0.1) is 11.8 Å². The second kappa shape index (κ2) is 9.89. The molecule has 11 heteroatoms. The lowest BCUT2D eigenvalue weighted by Crippen LogP contribution is -2.61. The van der Waals surface area contributed by atoms with Crippen molar-refractivity contribution in [2.24, 2.45) is 0 Å². The third kappa shape index (κ3) is 5.82. The number of rotatable bonds is 5. The zero-order valence-corrected chi connectivity index (χ0v) is 22.2. The van der Waals surface area contributed by atoms with Crippen LogP contribution in [0.3, 0.4) is 0 Å². The highest BCUT2D eigenvalue weighted by atomic mass is 32.2. The van der Waals surface area contributed by atoms with E-state index in [0.29, 0.717) is 13.1 Å². The Bertz CT molecular complexity index is 1070. The van der Waals surface area contributed by atoms with Crippen LogP contribution in [0.2, 0.25) is 0 Å². The van der Waals surface area contributed by atoms with E-state index in [0.717, 1.165) is 36.6 Å². The number of nitrogens with zero attached hydrogens (tertiary/aromatic N) is 4. The molecule has 0 unspecified atom stereocenters. The van der Waals surface area contributed by atoms with Crippen LogP contribution in [-0.2, 0) is 6.18 Å². The number of benzene rings is 1. The maximum absolute atomic E-state index is 14.6. The molecule has 2 aliphatic heterocycles. The first kappa shape index (κ1) is 26.8. The van der Waals surface area contributed by atoms with Crippen molar-refractivity contribution in [1.82, 2.24) is 14.9 Å². The molecule has 0 saturated carbocycles. The average molecular weight is 527 g/mol. The number of hydrogen-bond donors (Lipinski definition) is 2. The lowest BCUT2D eigenvalue weighted by Gasteiger charge is -2.53. The zero-order chi connectivity index (χ0) is 26.3. The van der Waals surface area contributed by atoms with Gasteiger partial charge in [-0.2, -0.15) is 29.9 Å². The van der Waals surface area contributed by atoms with E-state index in [2.05, 4.69) is 60.2 Å². The van der Waals surface area contributed by atoms with Gasteiger partial charge in [-0.3, -0.25) is 4.90 Å². The molecule has 6 nitrogen and oxygen atoms in total. The second-order valence-corrected chi connectivity index (χ2v) is 12.0. The summed E-state index contributed by atoms with van der Waals surface area (Å²) in [5.74, 6) is 1.04. The summed E-state index contributed by atoms with van der Waals surface area (Å²) in [7, 11) is 2.09. The van der Waals surface area contributed by atoms with Crippen LogP contribution in [0.15, 0.2) is 24.4 Å². The van der Waals surface area contributed by atoms with E-state index in [1.54, 1.807) is 22.7 Å². The minimum atomic E-state index is -4.51. The number of thioether (sulfide) groups is 1. The maximum atomic E-state index is 14.6. The second-order valence-electron chi connectivity index (χ2n) is 10.8. The highest BCUT2D eigenvalue weighted by Gasteiger charge is 2.43. The summed E-state index contributed by atoms with van der Waals surface area (Å²) in [4.78, 5) is 12.3. The molecule has 4 rings (SSSR count). The van der Waals surface area contributed by atoms with Gasteiger partial charge >= 0.3 is 6.18 Å². The molecule has 0 bridgehead atoms. The summed E-state index contributed by atoms with van der Waals surface area (Å²) in [5, 5.41) is 6.04. The monoisotopic (exact) mass is 526 g/mol.